The van der Waals surface area contributed by atoms with Gasteiger partial charge in [-0.1, -0.05) is 65.7 Å². The summed E-state index contributed by atoms with van der Waals surface area (Å²) in [6, 6.07) is 18.5. The van der Waals surface area contributed by atoms with Gasteiger partial charge >= 0.3 is 6.36 Å². The minimum absolute atomic E-state index is 0.0338. The molecule has 5 aromatic rings. The number of carbonyl (C=O) groups is 3. The van der Waals surface area contributed by atoms with E-state index in [4.69, 9.17) is 23.2 Å². The number of ether oxygens (including phenoxy) is 1. The Kier molecular flexibility index (Phi) is 9.32. The maximum atomic E-state index is 14.4. The second kappa shape index (κ2) is 13.9. The molecule has 1 atom stereocenters. The number of rotatable bonds is 11. The number of nitrogens with zero attached hydrogens (tertiary/aromatic N) is 4. The molecule has 11 nitrogen and oxygen atoms in total. The highest BCUT2D eigenvalue weighted by Crippen LogP contribution is 2.48. The van der Waals surface area contributed by atoms with Crippen LogP contribution in [0.15, 0.2) is 85.2 Å². The Morgan fingerprint density at radius 1 is 0.877 bits per heavy atom. The normalized spacial score (nSPS) is 18.9. The molecular formula is C40H32Cl2F4N6O5. The molecule has 2 saturated carbocycles. The molecule has 57 heavy (non-hydrogen) atoms. The molecule has 0 bridgehead atoms. The van der Waals surface area contributed by atoms with E-state index in [-0.39, 0.29) is 40.4 Å². The summed E-state index contributed by atoms with van der Waals surface area (Å²) in [5.74, 6) is -3.12. The van der Waals surface area contributed by atoms with Gasteiger partial charge in [0.25, 0.3) is 11.8 Å². The average Bonchev–Trinajstić information content (AvgIpc) is 4.09. The van der Waals surface area contributed by atoms with Gasteiger partial charge in [-0.05, 0) is 79.6 Å². The lowest BCUT2D eigenvalue weighted by molar-refractivity contribution is -0.274. The van der Waals surface area contributed by atoms with Gasteiger partial charge < -0.3 is 20.5 Å². The number of amides is 3. The minimum atomic E-state index is -4.91. The van der Waals surface area contributed by atoms with Gasteiger partial charge in [-0.2, -0.15) is 0 Å². The van der Waals surface area contributed by atoms with Crippen LogP contribution in [0.5, 0.6) is 5.75 Å². The van der Waals surface area contributed by atoms with Crippen molar-refractivity contribution in [3.63, 3.8) is 0 Å². The van der Waals surface area contributed by atoms with Crippen LogP contribution in [0.3, 0.4) is 0 Å². The summed E-state index contributed by atoms with van der Waals surface area (Å²) in [4.78, 5) is 52.7. The molecule has 2 aromatic heterocycles. The second-order valence-corrected chi connectivity index (χ2v) is 15.5. The number of halogens is 6. The summed E-state index contributed by atoms with van der Waals surface area (Å²) in [5, 5.41) is 14.6. The summed E-state index contributed by atoms with van der Waals surface area (Å²) >= 11 is 12.2. The van der Waals surface area contributed by atoms with Crippen LogP contribution in [0.2, 0.25) is 10.0 Å². The number of hydrogen-bond acceptors (Lipinski definition) is 7. The number of aliphatic hydroxyl groups is 1. The molecule has 0 saturated heterocycles. The van der Waals surface area contributed by atoms with Gasteiger partial charge in [-0.15, -0.1) is 13.2 Å². The number of benzene rings is 3. The van der Waals surface area contributed by atoms with Crippen LogP contribution in [-0.4, -0.2) is 49.3 Å². The van der Waals surface area contributed by atoms with Gasteiger partial charge in [-0.25, -0.2) is 14.3 Å². The van der Waals surface area contributed by atoms with Crippen LogP contribution in [0, 0.1) is 5.82 Å². The van der Waals surface area contributed by atoms with E-state index in [9.17, 15) is 37.1 Å². The molecule has 17 heteroatoms. The summed E-state index contributed by atoms with van der Waals surface area (Å²) in [7, 11) is 0. The maximum Gasteiger partial charge on any atom is 0.573 e. The van der Waals surface area contributed by atoms with Crippen LogP contribution in [0.25, 0.3) is 11.1 Å². The van der Waals surface area contributed by atoms with E-state index in [2.05, 4.69) is 25.3 Å². The maximum absolute atomic E-state index is 14.4. The Bertz CT molecular complexity index is 2390. The number of hydrogen-bond donors (Lipinski definition) is 3. The SMILES string of the molecule is C[C@@]1(Cc2ccc(OC(F)(F)F)cc2)C(=O)N(c2cc(Cl)c(F)c(Cl)c2)c2ncc(C(=O)NC3(C(=O)NC4(c5ccc(-c6ccc(CO)cc6)cn5)CC4)CC3)n21. The van der Waals surface area contributed by atoms with Crippen molar-refractivity contribution in [2.24, 2.45) is 0 Å². The van der Waals surface area contributed by atoms with Crippen LogP contribution < -0.4 is 20.3 Å². The third kappa shape index (κ3) is 7.08. The van der Waals surface area contributed by atoms with Crippen molar-refractivity contribution in [1.29, 1.82) is 0 Å². The zero-order chi connectivity index (χ0) is 40.5. The molecular weight excluding hydrogens is 791 g/mol. The predicted octanol–water partition coefficient (Wildman–Crippen LogP) is 7.49. The van der Waals surface area contributed by atoms with Gasteiger partial charge in [0, 0.05) is 18.2 Å². The van der Waals surface area contributed by atoms with Crippen molar-refractivity contribution >= 4 is 52.6 Å². The van der Waals surface area contributed by atoms with E-state index in [1.807, 2.05) is 36.4 Å². The molecule has 1 aliphatic heterocycles. The zero-order valence-electron chi connectivity index (χ0n) is 30.0. The number of anilines is 2. The number of carbonyl (C=O) groups excluding carboxylic acids is 3. The van der Waals surface area contributed by atoms with E-state index in [0.717, 1.165) is 33.7 Å². The lowest BCUT2D eigenvalue weighted by Crippen LogP contribution is -2.52. The molecule has 0 unspecified atom stereocenters. The van der Waals surface area contributed by atoms with Gasteiger partial charge in [0.2, 0.25) is 11.9 Å². The van der Waals surface area contributed by atoms with Gasteiger partial charge in [0.05, 0.1) is 39.8 Å². The van der Waals surface area contributed by atoms with E-state index < -0.39 is 52.3 Å². The third-order valence-electron chi connectivity index (χ3n) is 10.6. The first-order valence-corrected chi connectivity index (χ1v) is 18.5. The Balaban J connectivity index is 1.05. The van der Waals surface area contributed by atoms with Crippen molar-refractivity contribution in [2.75, 3.05) is 4.90 Å². The number of aliphatic hydroxyl groups excluding tert-OH is 1. The minimum Gasteiger partial charge on any atom is -0.406 e. The Hall–Kier alpha value is -5.51. The van der Waals surface area contributed by atoms with Gasteiger partial charge in [0.1, 0.15) is 22.5 Å². The summed E-state index contributed by atoms with van der Waals surface area (Å²) in [5.41, 5.74) is 0.0687. The Morgan fingerprint density at radius 2 is 1.51 bits per heavy atom. The highest BCUT2D eigenvalue weighted by atomic mass is 35.5. The van der Waals surface area contributed by atoms with Crippen LogP contribution in [0.4, 0.5) is 29.2 Å². The van der Waals surface area contributed by atoms with Gasteiger partial charge in [0.15, 0.2) is 5.82 Å². The second-order valence-electron chi connectivity index (χ2n) is 14.6. The van der Waals surface area contributed by atoms with Crippen molar-refractivity contribution in [2.45, 2.75) is 68.6 Å². The highest BCUT2D eigenvalue weighted by molar-refractivity contribution is 6.35. The smallest absolute Gasteiger partial charge is 0.406 e. The van der Waals surface area contributed by atoms with E-state index in [1.54, 1.807) is 6.20 Å². The molecule has 3 N–H and O–H groups in total. The molecule has 8 rings (SSSR count). The summed E-state index contributed by atoms with van der Waals surface area (Å²) < 4.78 is 58.3. The number of nitrogens with one attached hydrogen (secondary N) is 2. The first-order valence-electron chi connectivity index (χ1n) is 17.8. The lowest BCUT2D eigenvalue weighted by Gasteiger charge is -2.27. The quantitative estimate of drug-likeness (QED) is 0.0928. The number of imidazole rings is 1. The highest BCUT2D eigenvalue weighted by Gasteiger charge is 2.57. The van der Waals surface area contributed by atoms with Crippen LogP contribution in [0.1, 0.15) is 59.9 Å². The van der Waals surface area contributed by atoms with Gasteiger partial charge in [-0.3, -0.25) is 23.9 Å². The largest absolute Gasteiger partial charge is 0.573 e. The van der Waals surface area contributed by atoms with E-state index >= 15 is 0 Å². The number of fused-ring (bicyclic) bond motifs is 1. The molecule has 0 radical (unpaired) electrons. The fourth-order valence-corrected chi connectivity index (χ4v) is 7.69. The van der Waals surface area contributed by atoms with Crippen molar-refractivity contribution < 1.29 is 41.8 Å². The third-order valence-corrected chi connectivity index (χ3v) is 11.2. The molecule has 3 heterocycles. The molecule has 2 aliphatic carbocycles. The predicted molar refractivity (Wildman–Crippen MR) is 200 cm³/mol. The number of aromatic nitrogens is 3. The van der Waals surface area contributed by atoms with Crippen LogP contribution >= 0.6 is 23.2 Å². The molecule has 3 aliphatic rings. The molecule has 0 spiro atoms. The molecule has 294 valence electrons. The van der Waals surface area contributed by atoms with E-state index in [0.29, 0.717) is 36.9 Å². The zero-order valence-corrected chi connectivity index (χ0v) is 31.5. The topological polar surface area (TPSA) is 139 Å². The van der Waals surface area contributed by atoms with Crippen LogP contribution in [-0.2, 0) is 33.7 Å². The molecule has 3 aromatic carbocycles. The average molecular weight is 824 g/mol. The summed E-state index contributed by atoms with van der Waals surface area (Å²) in [6.45, 7) is 1.47. The standard InChI is InChI=1S/C40H32Cl2F4N6O5/c1-37(18-22-4-9-27(10-5-22)57-40(44,45)46)35(56)51(26-16-28(41)32(43)29(42)17-26)36-48-20-30(52(36)37)33(54)49-39(14-15-39)34(55)50-38(12-13-38)31-11-8-25(19-47-31)24-6-2-23(21-53)3-7-24/h2-11,16-17,19-20,53H,12-15,18,21H2,1H3,(H,49,54)(H,50,55)/t37-/m1/s1. The fraction of sp³-hybridized carbons (Fsp3) is 0.275. The molecule has 3 amide bonds. The van der Waals surface area contributed by atoms with E-state index in [1.165, 1.54) is 42.0 Å². The monoisotopic (exact) mass is 822 g/mol. The lowest BCUT2D eigenvalue weighted by atomic mass is 9.91. The van der Waals surface area contributed by atoms with Crippen molar-refractivity contribution in [3.8, 4) is 16.9 Å². The number of alkyl halides is 3. The number of pyridine rings is 1. The first kappa shape index (κ1) is 38.4. The summed E-state index contributed by atoms with van der Waals surface area (Å²) in [6.07, 6.45) is -0.0821. The Labute approximate surface area is 332 Å². The Morgan fingerprint density at radius 3 is 2.07 bits per heavy atom. The van der Waals surface area contributed by atoms with Crippen molar-refractivity contribution in [1.82, 2.24) is 25.2 Å². The fourth-order valence-electron chi connectivity index (χ4n) is 7.21. The first-order chi connectivity index (χ1) is 27.0. The molecule has 2 fully saturated rings. The van der Waals surface area contributed by atoms with Crippen molar-refractivity contribution in [3.05, 3.63) is 124 Å².